The van der Waals surface area contributed by atoms with Gasteiger partial charge in [0.05, 0.1) is 6.54 Å². The second-order valence-electron chi connectivity index (χ2n) is 6.40. The number of hydrogen-bond acceptors (Lipinski definition) is 5. The zero-order valence-corrected chi connectivity index (χ0v) is 14.7. The van der Waals surface area contributed by atoms with Crippen LogP contribution in [0.3, 0.4) is 0 Å². The fraction of sp³-hybridized carbons (Fsp3) is 0.706. The van der Waals surface area contributed by atoms with Gasteiger partial charge in [-0.1, -0.05) is 37.9 Å². The summed E-state index contributed by atoms with van der Waals surface area (Å²) in [6.07, 6.45) is 10.0. The molecule has 6 heteroatoms. The molecule has 5 nitrogen and oxygen atoms in total. The molecule has 2 fully saturated rings. The van der Waals surface area contributed by atoms with Gasteiger partial charge in [-0.05, 0) is 18.6 Å². The Kier molecular flexibility index (Phi) is 5.89. The Morgan fingerprint density at radius 2 is 1.91 bits per heavy atom. The summed E-state index contributed by atoms with van der Waals surface area (Å²) in [5.74, 6) is 1.28. The third-order valence-electron chi connectivity index (χ3n) is 4.71. The maximum absolute atomic E-state index is 12.5. The third kappa shape index (κ3) is 4.44. The van der Waals surface area contributed by atoms with E-state index in [2.05, 4.69) is 26.7 Å². The molecule has 23 heavy (non-hydrogen) atoms. The first-order chi connectivity index (χ1) is 11.3. The molecule has 0 radical (unpaired) electrons. The highest BCUT2D eigenvalue weighted by atomic mass is 32.2. The van der Waals surface area contributed by atoms with E-state index in [1.807, 2.05) is 12.4 Å². The first kappa shape index (κ1) is 16.7. The topological polar surface area (TPSA) is 49.3 Å². The molecular weight excluding hydrogens is 308 g/mol. The molecule has 126 valence electrons. The van der Waals surface area contributed by atoms with Gasteiger partial charge in [0.2, 0.25) is 5.91 Å². The molecule has 1 aliphatic carbocycles. The van der Waals surface area contributed by atoms with Crippen molar-refractivity contribution in [3.05, 3.63) is 18.0 Å². The molecule has 0 bridgehead atoms. The number of thioether (sulfide) groups is 1. The lowest BCUT2D eigenvalue weighted by Gasteiger charge is -2.40. The minimum Gasteiger partial charge on any atom is -0.337 e. The Morgan fingerprint density at radius 3 is 2.57 bits per heavy atom. The van der Waals surface area contributed by atoms with Gasteiger partial charge in [0.15, 0.2) is 5.16 Å². The van der Waals surface area contributed by atoms with Gasteiger partial charge >= 0.3 is 0 Å². The van der Waals surface area contributed by atoms with Crippen LogP contribution in [0.25, 0.3) is 0 Å². The van der Waals surface area contributed by atoms with Gasteiger partial charge in [0.25, 0.3) is 0 Å². The van der Waals surface area contributed by atoms with Crippen molar-refractivity contribution in [2.45, 2.75) is 56.8 Å². The summed E-state index contributed by atoms with van der Waals surface area (Å²) in [4.78, 5) is 25.6. The van der Waals surface area contributed by atoms with E-state index in [-0.39, 0.29) is 0 Å². The van der Waals surface area contributed by atoms with Crippen molar-refractivity contribution in [2.75, 3.05) is 25.4 Å². The van der Waals surface area contributed by atoms with E-state index in [0.29, 0.717) is 18.5 Å². The molecule has 1 aliphatic heterocycles. The zero-order chi connectivity index (χ0) is 16.1. The number of carbonyl (C=O) groups excluding carboxylic acids is 1. The monoisotopic (exact) mass is 334 g/mol. The molecular formula is C17H26N4OS. The molecule has 0 aromatic carbocycles. The van der Waals surface area contributed by atoms with Crippen molar-refractivity contribution in [3.8, 4) is 0 Å². The van der Waals surface area contributed by atoms with Crippen LogP contribution in [-0.4, -0.2) is 57.1 Å². The number of nitrogens with zero attached hydrogens (tertiary/aromatic N) is 4. The highest BCUT2D eigenvalue weighted by Crippen LogP contribution is 2.24. The Morgan fingerprint density at radius 1 is 1.17 bits per heavy atom. The lowest BCUT2D eigenvalue weighted by Crippen LogP contribution is -2.54. The van der Waals surface area contributed by atoms with Crippen molar-refractivity contribution in [3.63, 3.8) is 0 Å². The lowest BCUT2D eigenvalue weighted by atomic mass is 9.93. The predicted molar refractivity (Wildman–Crippen MR) is 92.3 cm³/mol. The number of carbonyl (C=O) groups is 1. The van der Waals surface area contributed by atoms with Gasteiger partial charge in [-0.25, -0.2) is 9.97 Å². The van der Waals surface area contributed by atoms with Crippen molar-refractivity contribution >= 4 is 17.7 Å². The largest absolute Gasteiger partial charge is 0.337 e. The first-order valence-electron chi connectivity index (χ1n) is 8.72. The fourth-order valence-electron chi connectivity index (χ4n) is 3.54. The highest BCUT2D eigenvalue weighted by Gasteiger charge is 2.30. The Bertz CT molecular complexity index is 516. The number of amides is 1. The second-order valence-corrected chi connectivity index (χ2v) is 7.63. The summed E-state index contributed by atoms with van der Waals surface area (Å²) in [7, 11) is 0. The third-order valence-corrected chi connectivity index (χ3v) is 5.47. The summed E-state index contributed by atoms with van der Waals surface area (Å²) in [6.45, 7) is 5.21. The molecule has 0 atom stereocenters. The SMILES string of the molecule is CCSc1ncc(CN2CCN(C3CCCCC3)C(=O)C2)cn1. The molecule has 2 aliphatic rings. The van der Waals surface area contributed by atoms with Gasteiger partial charge in [0, 0.05) is 43.6 Å². The number of rotatable bonds is 5. The average molecular weight is 334 g/mol. The summed E-state index contributed by atoms with van der Waals surface area (Å²) in [5.41, 5.74) is 1.09. The Hall–Kier alpha value is -1.14. The van der Waals surface area contributed by atoms with Crippen LogP contribution < -0.4 is 0 Å². The normalized spacial score (nSPS) is 20.9. The van der Waals surface area contributed by atoms with Crippen LogP contribution in [0.15, 0.2) is 17.6 Å². The van der Waals surface area contributed by atoms with Crippen molar-refractivity contribution in [2.24, 2.45) is 0 Å². The highest BCUT2D eigenvalue weighted by molar-refractivity contribution is 7.99. The van der Waals surface area contributed by atoms with Crippen LogP contribution in [0.4, 0.5) is 0 Å². The van der Waals surface area contributed by atoms with Crippen LogP contribution in [0.1, 0.15) is 44.6 Å². The van der Waals surface area contributed by atoms with Crippen molar-refractivity contribution < 1.29 is 4.79 Å². The summed E-state index contributed by atoms with van der Waals surface area (Å²) < 4.78 is 0. The maximum Gasteiger partial charge on any atom is 0.237 e. The van der Waals surface area contributed by atoms with Crippen molar-refractivity contribution in [1.29, 1.82) is 0 Å². The average Bonchev–Trinajstić information content (AvgIpc) is 2.58. The van der Waals surface area contributed by atoms with Crippen LogP contribution in [0, 0.1) is 0 Å². The van der Waals surface area contributed by atoms with Crippen LogP contribution in [0.5, 0.6) is 0 Å². The van der Waals surface area contributed by atoms with E-state index in [0.717, 1.165) is 36.1 Å². The molecule has 0 N–H and O–H groups in total. The molecule has 0 unspecified atom stereocenters. The summed E-state index contributed by atoms with van der Waals surface area (Å²) in [6, 6.07) is 0.493. The molecule has 1 amide bonds. The van der Waals surface area contributed by atoms with E-state index in [9.17, 15) is 4.79 Å². The molecule has 3 rings (SSSR count). The fourth-order valence-corrected chi connectivity index (χ4v) is 4.05. The van der Waals surface area contributed by atoms with Gasteiger partial charge in [-0.2, -0.15) is 0 Å². The first-order valence-corrected chi connectivity index (χ1v) is 9.70. The van der Waals surface area contributed by atoms with E-state index >= 15 is 0 Å². The molecule has 2 heterocycles. The van der Waals surface area contributed by atoms with Crippen LogP contribution in [-0.2, 0) is 11.3 Å². The molecule has 0 spiro atoms. The van der Waals surface area contributed by atoms with E-state index in [4.69, 9.17) is 0 Å². The number of piperazine rings is 1. The van der Waals surface area contributed by atoms with Gasteiger partial charge in [0.1, 0.15) is 0 Å². The smallest absolute Gasteiger partial charge is 0.237 e. The quantitative estimate of drug-likeness (QED) is 0.612. The summed E-state index contributed by atoms with van der Waals surface area (Å²) in [5, 5.41) is 0.828. The van der Waals surface area contributed by atoms with E-state index in [1.165, 1.54) is 32.1 Å². The maximum atomic E-state index is 12.5. The van der Waals surface area contributed by atoms with Crippen LogP contribution >= 0.6 is 11.8 Å². The minimum absolute atomic E-state index is 0.294. The molecule has 1 aromatic rings. The molecule has 1 saturated heterocycles. The molecule has 1 aromatic heterocycles. The van der Waals surface area contributed by atoms with Crippen LogP contribution in [0.2, 0.25) is 0 Å². The number of hydrogen-bond donors (Lipinski definition) is 0. The Labute approximate surface area is 142 Å². The second kappa shape index (κ2) is 8.11. The van der Waals surface area contributed by atoms with Gasteiger partial charge in [-0.15, -0.1) is 0 Å². The summed E-state index contributed by atoms with van der Waals surface area (Å²) >= 11 is 1.65. The molecule has 1 saturated carbocycles. The standard InChI is InChI=1S/C17H26N4OS/c1-2-23-17-18-10-14(11-19-17)12-20-8-9-21(16(22)13-20)15-6-4-3-5-7-15/h10-11,15H,2-9,12-13H2,1H3. The lowest BCUT2D eigenvalue weighted by molar-refractivity contribution is -0.139. The predicted octanol–water partition coefficient (Wildman–Crippen LogP) is 2.57. The number of aromatic nitrogens is 2. The Balaban J connectivity index is 1.52. The van der Waals surface area contributed by atoms with E-state index in [1.54, 1.807) is 11.8 Å². The zero-order valence-electron chi connectivity index (χ0n) is 13.9. The van der Waals surface area contributed by atoms with Crippen molar-refractivity contribution in [1.82, 2.24) is 19.8 Å². The van der Waals surface area contributed by atoms with Gasteiger partial charge < -0.3 is 4.90 Å². The van der Waals surface area contributed by atoms with Gasteiger partial charge in [-0.3, -0.25) is 9.69 Å². The minimum atomic E-state index is 0.294. The van der Waals surface area contributed by atoms with E-state index < -0.39 is 0 Å².